The van der Waals surface area contributed by atoms with E-state index in [9.17, 15) is 4.79 Å². The number of aryl methyl sites for hydroxylation is 1. The van der Waals surface area contributed by atoms with Crippen LogP contribution in [0.2, 0.25) is 0 Å². The highest BCUT2D eigenvalue weighted by Crippen LogP contribution is 2.32. The second-order valence-electron chi connectivity index (χ2n) is 7.58. The lowest BCUT2D eigenvalue weighted by Crippen LogP contribution is -2.43. The predicted molar refractivity (Wildman–Crippen MR) is 111 cm³/mol. The third kappa shape index (κ3) is 3.70. The molecule has 1 saturated heterocycles. The molecular formula is C20H25N5OS. The van der Waals surface area contributed by atoms with Crippen LogP contribution in [0.5, 0.6) is 0 Å². The molecule has 0 unspecified atom stereocenters. The van der Waals surface area contributed by atoms with Crippen molar-refractivity contribution in [2.75, 3.05) is 25.5 Å². The van der Waals surface area contributed by atoms with Crippen molar-refractivity contribution in [2.45, 2.75) is 26.7 Å². The van der Waals surface area contributed by atoms with Crippen molar-refractivity contribution in [3.05, 3.63) is 35.5 Å². The van der Waals surface area contributed by atoms with Crippen molar-refractivity contribution in [1.82, 2.24) is 20.1 Å². The molecule has 0 radical (unpaired) electrons. The first-order valence-electron chi connectivity index (χ1n) is 9.13. The molecule has 1 N–H and O–H groups in total. The molecule has 4 rings (SSSR count). The van der Waals surface area contributed by atoms with E-state index in [1.807, 2.05) is 32.0 Å². The minimum atomic E-state index is -0.338. The molecule has 1 aromatic carbocycles. The summed E-state index contributed by atoms with van der Waals surface area (Å²) >= 11 is 1.57. The summed E-state index contributed by atoms with van der Waals surface area (Å²) in [5.74, 6) is 0.650. The van der Waals surface area contributed by atoms with Crippen molar-refractivity contribution >= 4 is 33.8 Å². The molecule has 0 spiro atoms. The van der Waals surface area contributed by atoms with Crippen LogP contribution in [0.3, 0.4) is 0 Å². The number of hydrogen-bond donors (Lipinski definition) is 1. The van der Waals surface area contributed by atoms with E-state index in [0.717, 1.165) is 52.3 Å². The van der Waals surface area contributed by atoms with Gasteiger partial charge in [-0.25, -0.2) is 4.98 Å². The summed E-state index contributed by atoms with van der Waals surface area (Å²) < 4.78 is 0. The first-order valence-corrected chi connectivity index (χ1v) is 9.95. The quantitative estimate of drug-likeness (QED) is 0.741. The van der Waals surface area contributed by atoms with Crippen LogP contribution in [0.1, 0.15) is 26.2 Å². The lowest BCUT2D eigenvalue weighted by molar-refractivity contribution is -0.127. The Bertz CT molecular complexity index is 997. The van der Waals surface area contributed by atoms with Gasteiger partial charge < -0.3 is 10.2 Å². The first kappa shape index (κ1) is 18.0. The number of carbonyl (C=O) groups is 1. The van der Waals surface area contributed by atoms with E-state index in [1.165, 1.54) is 0 Å². The number of nitrogens with one attached hydrogen (secondary N) is 1. The van der Waals surface area contributed by atoms with E-state index >= 15 is 0 Å². The Hall–Kier alpha value is -2.38. The Balaban J connectivity index is 0.00000225. The highest BCUT2D eigenvalue weighted by Gasteiger charge is 2.36. The van der Waals surface area contributed by atoms with Crippen molar-refractivity contribution < 1.29 is 6.22 Å². The number of anilines is 1. The summed E-state index contributed by atoms with van der Waals surface area (Å²) in [5.41, 5.74) is 0.689. The van der Waals surface area contributed by atoms with Crippen LogP contribution >= 0.6 is 11.3 Å². The molecule has 1 amide bonds. The van der Waals surface area contributed by atoms with Gasteiger partial charge in [-0.1, -0.05) is 30.4 Å². The van der Waals surface area contributed by atoms with Crippen LogP contribution in [0.25, 0.3) is 21.3 Å². The molecule has 2 aromatic heterocycles. The minimum absolute atomic E-state index is 0. The van der Waals surface area contributed by atoms with Gasteiger partial charge >= 0.3 is 0 Å². The number of fused-ring (bicyclic) bond motifs is 1. The average molecular weight is 384 g/mol. The molecule has 7 heteroatoms. The van der Waals surface area contributed by atoms with Crippen LogP contribution in [0.15, 0.2) is 30.5 Å². The minimum Gasteiger partial charge on any atom is -0.310 e. The fraction of sp³-hybridized carbons (Fsp3) is 0.400. The number of piperidine rings is 1. The molecule has 1 aliphatic heterocycles. The molecule has 1 aliphatic rings. The maximum atomic E-state index is 12.8. The predicted octanol–water partition coefficient (Wildman–Crippen LogP) is 3.98. The standard InChI is InChI=1S/C20H23N5OS.H2/c1-13-23-24-18(27-13)14-4-5-15-12-21-17(11-16(15)10-14)22-19(26)20(2)6-8-25(3)9-7-20;/h4-5,10-12H,6-9H2,1-3H3,(H,21,22,26);1H. The van der Waals surface area contributed by atoms with Gasteiger partial charge in [0, 0.05) is 24.0 Å². The van der Waals surface area contributed by atoms with Gasteiger partial charge in [-0.3, -0.25) is 4.79 Å². The third-order valence-corrected chi connectivity index (χ3v) is 6.26. The second kappa shape index (κ2) is 6.98. The normalized spacial score (nSPS) is 17.1. The third-order valence-electron chi connectivity index (χ3n) is 5.38. The summed E-state index contributed by atoms with van der Waals surface area (Å²) in [6.45, 7) is 5.88. The highest BCUT2D eigenvalue weighted by atomic mass is 32.1. The zero-order valence-electron chi connectivity index (χ0n) is 15.8. The number of rotatable bonds is 3. The largest absolute Gasteiger partial charge is 0.310 e. The molecule has 0 bridgehead atoms. The van der Waals surface area contributed by atoms with Crippen molar-refractivity contribution in [2.24, 2.45) is 5.41 Å². The van der Waals surface area contributed by atoms with Crippen LogP contribution in [0.4, 0.5) is 5.82 Å². The summed E-state index contributed by atoms with van der Waals surface area (Å²) in [4.78, 5) is 19.5. The van der Waals surface area contributed by atoms with Gasteiger partial charge in [-0.2, -0.15) is 0 Å². The molecule has 6 nitrogen and oxygen atoms in total. The van der Waals surface area contributed by atoms with Gasteiger partial charge in [0.25, 0.3) is 0 Å². The fourth-order valence-corrected chi connectivity index (χ4v) is 4.05. The van der Waals surface area contributed by atoms with E-state index in [2.05, 4.69) is 38.5 Å². The smallest absolute Gasteiger partial charge is 0.231 e. The van der Waals surface area contributed by atoms with Crippen LogP contribution in [0, 0.1) is 12.3 Å². The summed E-state index contributed by atoms with van der Waals surface area (Å²) in [6, 6.07) is 8.06. The van der Waals surface area contributed by atoms with Gasteiger partial charge in [0.15, 0.2) is 0 Å². The van der Waals surface area contributed by atoms with E-state index in [-0.39, 0.29) is 12.7 Å². The molecular weight excluding hydrogens is 358 g/mol. The molecule has 0 saturated carbocycles. The highest BCUT2D eigenvalue weighted by molar-refractivity contribution is 7.14. The molecule has 142 valence electrons. The fourth-order valence-electron chi connectivity index (χ4n) is 3.36. The van der Waals surface area contributed by atoms with E-state index in [1.54, 1.807) is 17.5 Å². The molecule has 0 atom stereocenters. The number of benzene rings is 1. The van der Waals surface area contributed by atoms with E-state index in [4.69, 9.17) is 0 Å². The number of aromatic nitrogens is 3. The molecule has 3 heterocycles. The van der Waals surface area contributed by atoms with E-state index in [0.29, 0.717) is 5.82 Å². The summed E-state index contributed by atoms with van der Waals surface area (Å²) in [5, 5.41) is 15.2. The van der Waals surface area contributed by atoms with Gasteiger partial charge in [-0.05, 0) is 57.4 Å². The molecule has 0 aliphatic carbocycles. The van der Waals surface area contributed by atoms with Gasteiger partial charge in [-0.15, -0.1) is 10.2 Å². The van der Waals surface area contributed by atoms with Gasteiger partial charge in [0.05, 0.1) is 0 Å². The van der Waals surface area contributed by atoms with E-state index < -0.39 is 0 Å². The number of nitrogens with zero attached hydrogens (tertiary/aromatic N) is 4. The maximum Gasteiger partial charge on any atom is 0.231 e. The first-order chi connectivity index (χ1) is 12.9. The average Bonchev–Trinajstić information content (AvgIpc) is 3.10. The topological polar surface area (TPSA) is 71.0 Å². The SMILES string of the molecule is Cc1nnc(-c2ccc3cnc(NC(=O)C4(C)CCN(C)CC4)cc3c2)s1.[HH]. The number of pyridine rings is 1. The number of likely N-dealkylation sites (tertiary alicyclic amines) is 1. The molecule has 1 fully saturated rings. The maximum absolute atomic E-state index is 12.8. The van der Waals surface area contributed by atoms with Gasteiger partial charge in [0.1, 0.15) is 15.8 Å². The Kier molecular flexibility index (Phi) is 4.65. The van der Waals surface area contributed by atoms with Gasteiger partial charge in [0.2, 0.25) is 5.91 Å². The number of hydrogen-bond acceptors (Lipinski definition) is 6. The Morgan fingerprint density at radius 2 is 2.00 bits per heavy atom. The molecule has 27 heavy (non-hydrogen) atoms. The Morgan fingerprint density at radius 1 is 1.22 bits per heavy atom. The van der Waals surface area contributed by atoms with Crippen molar-refractivity contribution in [1.29, 1.82) is 0 Å². The van der Waals surface area contributed by atoms with Crippen molar-refractivity contribution in [3.8, 4) is 10.6 Å². The second-order valence-corrected chi connectivity index (χ2v) is 8.76. The Morgan fingerprint density at radius 3 is 2.70 bits per heavy atom. The van der Waals surface area contributed by atoms with Crippen LogP contribution in [-0.2, 0) is 4.79 Å². The molecule has 3 aromatic rings. The zero-order chi connectivity index (χ0) is 19.0. The lowest BCUT2D eigenvalue weighted by atomic mass is 9.79. The zero-order valence-corrected chi connectivity index (χ0v) is 16.6. The van der Waals surface area contributed by atoms with Crippen LogP contribution in [-0.4, -0.2) is 46.1 Å². The summed E-state index contributed by atoms with van der Waals surface area (Å²) in [6.07, 6.45) is 3.53. The number of amides is 1. The number of carbonyl (C=O) groups excluding carboxylic acids is 1. The lowest BCUT2D eigenvalue weighted by Gasteiger charge is -2.36. The summed E-state index contributed by atoms with van der Waals surface area (Å²) in [7, 11) is 2.10. The Labute approximate surface area is 164 Å². The van der Waals surface area contributed by atoms with Crippen LogP contribution < -0.4 is 5.32 Å². The monoisotopic (exact) mass is 383 g/mol. The van der Waals surface area contributed by atoms with Crippen molar-refractivity contribution in [3.63, 3.8) is 0 Å².